The van der Waals surface area contributed by atoms with Gasteiger partial charge in [-0.1, -0.05) is 0 Å². The van der Waals surface area contributed by atoms with Gasteiger partial charge in [0.15, 0.2) is 5.75 Å². The van der Waals surface area contributed by atoms with Gasteiger partial charge in [-0.05, 0) is 39.5 Å². The first-order chi connectivity index (χ1) is 9.13. The van der Waals surface area contributed by atoms with Gasteiger partial charge in [-0.25, -0.2) is 0 Å². The Labute approximate surface area is 115 Å². The number of nitrogens with two attached hydrogens (primary N) is 1. The second-order valence-electron chi connectivity index (χ2n) is 5.47. The summed E-state index contributed by atoms with van der Waals surface area (Å²) in [7, 11) is 1.66. The van der Waals surface area contributed by atoms with Crippen molar-refractivity contribution >= 4 is 0 Å². The maximum absolute atomic E-state index is 6.36. The lowest BCUT2D eigenvalue weighted by molar-refractivity contribution is 0.00670. The Morgan fingerprint density at radius 2 is 2.32 bits per heavy atom. The van der Waals surface area contributed by atoms with Crippen molar-refractivity contribution in [3.05, 3.63) is 11.9 Å². The molecular weight excluding hydrogens is 242 g/mol. The normalized spacial score (nSPS) is 21.6. The van der Waals surface area contributed by atoms with Crippen LogP contribution < -0.4 is 10.5 Å². The van der Waals surface area contributed by atoms with E-state index in [1.807, 2.05) is 4.68 Å². The molecule has 1 aromatic rings. The Morgan fingerprint density at radius 1 is 1.53 bits per heavy atom. The van der Waals surface area contributed by atoms with Crippen molar-refractivity contribution in [3.8, 4) is 5.75 Å². The molecule has 0 amide bonds. The second-order valence-corrected chi connectivity index (χ2v) is 5.47. The van der Waals surface area contributed by atoms with Gasteiger partial charge >= 0.3 is 0 Å². The zero-order valence-corrected chi connectivity index (χ0v) is 12.1. The fraction of sp³-hybridized carbons (Fsp3) is 0.786. The van der Waals surface area contributed by atoms with Crippen LogP contribution in [0.4, 0.5) is 0 Å². The van der Waals surface area contributed by atoms with Crippen molar-refractivity contribution in [1.82, 2.24) is 9.78 Å². The van der Waals surface area contributed by atoms with E-state index in [9.17, 15) is 0 Å². The van der Waals surface area contributed by atoms with E-state index in [0.29, 0.717) is 0 Å². The molecule has 5 nitrogen and oxygen atoms in total. The van der Waals surface area contributed by atoms with Gasteiger partial charge in [-0.2, -0.15) is 5.10 Å². The summed E-state index contributed by atoms with van der Waals surface area (Å²) in [5.74, 6) is 0.775. The molecule has 2 atom stereocenters. The van der Waals surface area contributed by atoms with Gasteiger partial charge in [0.2, 0.25) is 0 Å². The maximum atomic E-state index is 6.36. The number of ether oxygens (including phenoxy) is 2. The predicted octanol–water partition coefficient (Wildman–Crippen LogP) is 2.43. The average Bonchev–Trinajstić information content (AvgIpc) is 2.83. The first kappa shape index (κ1) is 14.3. The molecule has 2 heterocycles. The largest absolute Gasteiger partial charge is 0.493 e. The number of rotatable bonds is 5. The monoisotopic (exact) mass is 267 g/mol. The molecule has 0 saturated carbocycles. The van der Waals surface area contributed by atoms with Crippen LogP contribution in [0.2, 0.25) is 0 Å². The molecule has 5 heteroatoms. The van der Waals surface area contributed by atoms with Gasteiger partial charge in [0.1, 0.15) is 0 Å². The minimum Gasteiger partial charge on any atom is -0.493 e. The zero-order valence-electron chi connectivity index (χ0n) is 12.1. The van der Waals surface area contributed by atoms with Crippen molar-refractivity contribution in [2.75, 3.05) is 13.7 Å². The zero-order chi connectivity index (χ0) is 13.8. The van der Waals surface area contributed by atoms with Gasteiger partial charge in [0, 0.05) is 12.6 Å². The van der Waals surface area contributed by atoms with E-state index in [2.05, 4.69) is 18.9 Å². The minimum absolute atomic E-state index is 0.0945. The van der Waals surface area contributed by atoms with E-state index in [0.717, 1.165) is 30.9 Å². The molecule has 0 radical (unpaired) electrons. The highest BCUT2D eigenvalue weighted by Gasteiger charge is 2.24. The van der Waals surface area contributed by atoms with E-state index < -0.39 is 0 Å². The fourth-order valence-electron chi connectivity index (χ4n) is 2.67. The average molecular weight is 267 g/mol. The Balaban J connectivity index is 2.12. The van der Waals surface area contributed by atoms with Crippen molar-refractivity contribution in [1.29, 1.82) is 0 Å². The molecule has 1 saturated heterocycles. The van der Waals surface area contributed by atoms with Gasteiger partial charge in [0.25, 0.3) is 0 Å². The van der Waals surface area contributed by atoms with E-state index in [-0.39, 0.29) is 18.2 Å². The lowest BCUT2D eigenvalue weighted by Gasteiger charge is -2.26. The summed E-state index contributed by atoms with van der Waals surface area (Å²) >= 11 is 0. The second kappa shape index (κ2) is 6.39. The van der Waals surface area contributed by atoms with Crippen LogP contribution in [0.1, 0.15) is 57.3 Å². The molecule has 1 fully saturated rings. The van der Waals surface area contributed by atoms with E-state index in [1.165, 1.54) is 12.8 Å². The molecule has 0 aromatic carbocycles. The smallest absolute Gasteiger partial charge is 0.161 e. The van der Waals surface area contributed by atoms with Crippen LogP contribution in [0.15, 0.2) is 6.20 Å². The van der Waals surface area contributed by atoms with Gasteiger partial charge in [-0.15, -0.1) is 0 Å². The highest BCUT2D eigenvalue weighted by atomic mass is 16.5. The van der Waals surface area contributed by atoms with E-state index in [1.54, 1.807) is 13.3 Å². The topological polar surface area (TPSA) is 62.3 Å². The minimum atomic E-state index is -0.0945. The maximum Gasteiger partial charge on any atom is 0.161 e. The van der Waals surface area contributed by atoms with Crippen LogP contribution in [-0.4, -0.2) is 29.6 Å². The lowest BCUT2D eigenvalue weighted by atomic mass is 10.00. The molecule has 2 unspecified atom stereocenters. The quantitative estimate of drug-likeness (QED) is 0.890. The summed E-state index contributed by atoms with van der Waals surface area (Å²) in [5.41, 5.74) is 7.34. The molecule has 2 rings (SSSR count). The Hall–Kier alpha value is -1.07. The predicted molar refractivity (Wildman–Crippen MR) is 74.3 cm³/mol. The highest BCUT2D eigenvalue weighted by Crippen LogP contribution is 2.30. The number of hydrogen-bond donors (Lipinski definition) is 1. The number of nitrogens with zero attached hydrogens (tertiary/aromatic N) is 2. The lowest BCUT2D eigenvalue weighted by Crippen LogP contribution is -2.27. The summed E-state index contributed by atoms with van der Waals surface area (Å²) in [6.07, 6.45) is 6.35. The van der Waals surface area contributed by atoms with Crippen LogP contribution in [-0.2, 0) is 4.74 Å². The van der Waals surface area contributed by atoms with Crippen molar-refractivity contribution in [2.24, 2.45) is 5.73 Å². The molecule has 1 aliphatic heterocycles. The van der Waals surface area contributed by atoms with Crippen LogP contribution in [0.25, 0.3) is 0 Å². The number of methoxy groups -OCH3 is 1. The summed E-state index contributed by atoms with van der Waals surface area (Å²) in [6, 6.07) is 0.181. The third-order valence-corrected chi connectivity index (χ3v) is 3.65. The standard InChI is InChI=1S/C14H25N3O2/c1-10(2)17-14(13(18-3)9-16-17)12(15)8-11-6-4-5-7-19-11/h9-12H,4-8,15H2,1-3H3. The Bertz CT molecular complexity index is 397. The third kappa shape index (κ3) is 3.28. The SMILES string of the molecule is COc1cnn(C(C)C)c1C(N)CC1CCCCO1. The molecule has 0 spiro atoms. The van der Waals surface area contributed by atoms with Crippen LogP contribution in [0.5, 0.6) is 5.75 Å². The van der Waals surface area contributed by atoms with Crippen LogP contribution in [0, 0.1) is 0 Å². The van der Waals surface area contributed by atoms with Crippen molar-refractivity contribution < 1.29 is 9.47 Å². The van der Waals surface area contributed by atoms with E-state index in [4.69, 9.17) is 15.2 Å². The van der Waals surface area contributed by atoms with Crippen LogP contribution >= 0.6 is 0 Å². The molecule has 0 bridgehead atoms. The molecule has 0 aliphatic carbocycles. The summed E-state index contributed by atoms with van der Waals surface area (Å²) in [4.78, 5) is 0. The van der Waals surface area contributed by atoms with Crippen molar-refractivity contribution in [2.45, 2.75) is 57.7 Å². The first-order valence-corrected chi connectivity index (χ1v) is 7.12. The summed E-state index contributed by atoms with van der Waals surface area (Å²) in [5, 5.41) is 4.37. The molecule has 108 valence electrons. The summed E-state index contributed by atoms with van der Waals surface area (Å²) < 4.78 is 13.1. The number of hydrogen-bond acceptors (Lipinski definition) is 4. The number of aromatic nitrogens is 2. The highest BCUT2D eigenvalue weighted by molar-refractivity contribution is 5.28. The molecule has 1 aromatic heterocycles. The Morgan fingerprint density at radius 3 is 2.89 bits per heavy atom. The van der Waals surface area contributed by atoms with Crippen LogP contribution in [0.3, 0.4) is 0 Å². The fourth-order valence-corrected chi connectivity index (χ4v) is 2.67. The van der Waals surface area contributed by atoms with Gasteiger partial charge in [-0.3, -0.25) is 4.68 Å². The summed E-state index contributed by atoms with van der Waals surface area (Å²) in [6.45, 7) is 5.05. The third-order valence-electron chi connectivity index (χ3n) is 3.65. The molecule has 19 heavy (non-hydrogen) atoms. The van der Waals surface area contributed by atoms with Crippen molar-refractivity contribution in [3.63, 3.8) is 0 Å². The van der Waals surface area contributed by atoms with Gasteiger partial charge in [0.05, 0.1) is 31.1 Å². The molecular formula is C14H25N3O2. The molecule has 1 aliphatic rings. The molecule has 2 N–H and O–H groups in total. The van der Waals surface area contributed by atoms with Gasteiger partial charge < -0.3 is 15.2 Å². The Kier molecular flexibility index (Phi) is 4.82. The van der Waals surface area contributed by atoms with E-state index >= 15 is 0 Å². The first-order valence-electron chi connectivity index (χ1n) is 7.12.